The monoisotopic (exact) mass is 277 g/mol. The van der Waals surface area contributed by atoms with E-state index >= 15 is 0 Å². The van der Waals surface area contributed by atoms with E-state index in [0.717, 1.165) is 25.3 Å². The van der Waals surface area contributed by atoms with Crippen molar-refractivity contribution in [2.75, 3.05) is 19.0 Å². The summed E-state index contributed by atoms with van der Waals surface area (Å²) in [6.07, 6.45) is 1.07. The summed E-state index contributed by atoms with van der Waals surface area (Å²) in [6.45, 7) is 6.08. The quantitative estimate of drug-likeness (QED) is 0.556. The number of ether oxygens (including phenoxy) is 1. The Morgan fingerprint density at radius 2 is 1.88 bits per heavy atom. The van der Waals surface area contributed by atoms with Crippen LogP contribution in [0.15, 0.2) is 30.3 Å². The predicted molar refractivity (Wildman–Crippen MR) is 76.4 cm³/mol. The van der Waals surface area contributed by atoms with Crippen LogP contribution in [0.4, 0.5) is 0 Å². The molecule has 1 rings (SSSR count). The largest absolute Gasteiger partial charge is 0.475 e. The molecule has 0 fully saturated rings. The van der Waals surface area contributed by atoms with Gasteiger partial charge in [0.05, 0.1) is 0 Å². The third-order valence-electron chi connectivity index (χ3n) is 2.55. The number of nitrogens with zero attached hydrogens (tertiary/aromatic N) is 1. The molecule has 2 nitrogen and oxygen atoms in total. The molecule has 1 unspecified atom stereocenters. The van der Waals surface area contributed by atoms with Crippen molar-refractivity contribution in [2.24, 2.45) is 0 Å². The summed E-state index contributed by atoms with van der Waals surface area (Å²) in [5.41, 5.74) is 0. The van der Waals surface area contributed by atoms with Gasteiger partial charge in [-0.25, -0.2) is 0 Å². The van der Waals surface area contributed by atoms with Gasteiger partial charge in [0.2, 0.25) is 0 Å². The van der Waals surface area contributed by atoms with Crippen LogP contribution in [0, 0.1) is 0 Å². The molecule has 0 aliphatic carbocycles. The van der Waals surface area contributed by atoms with Gasteiger partial charge >= 0.3 is 0 Å². The summed E-state index contributed by atoms with van der Waals surface area (Å²) in [4.78, 5) is 2.25. The predicted octanol–water partition coefficient (Wildman–Crippen LogP) is 3.78. The Balaban J connectivity index is 0.00000256. The molecule has 0 bridgehead atoms. The molecular weight excluding hydrogens is 257 g/mol. The second kappa shape index (κ2) is 9.58. The van der Waals surface area contributed by atoms with Gasteiger partial charge in [-0.3, -0.25) is 4.90 Å². The molecule has 0 aliphatic rings. The van der Waals surface area contributed by atoms with E-state index in [1.807, 2.05) is 30.3 Å². The lowest BCUT2D eigenvalue weighted by Gasteiger charge is -2.29. The Labute approximate surface area is 115 Å². The smallest absolute Gasteiger partial charge is 0.152 e. The summed E-state index contributed by atoms with van der Waals surface area (Å²) in [6, 6.07) is 9.93. The minimum atomic E-state index is 0. The zero-order valence-electron chi connectivity index (χ0n) is 10.4. The minimum Gasteiger partial charge on any atom is -0.475 e. The molecule has 0 aliphatic heterocycles. The second-order valence-electron chi connectivity index (χ2n) is 3.61. The highest BCUT2D eigenvalue weighted by molar-refractivity contribution is 6.18. The third-order valence-corrected chi connectivity index (χ3v) is 2.72. The normalized spacial score (nSPS) is 12.0. The molecule has 0 saturated heterocycles. The van der Waals surface area contributed by atoms with Crippen LogP contribution in [0.25, 0.3) is 0 Å². The number of rotatable bonds is 7. The van der Waals surface area contributed by atoms with Crippen LogP contribution in [0.3, 0.4) is 0 Å². The van der Waals surface area contributed by atoms with Gasteiger partial charge < -0.3 is 4.74 Å². The lowest BCUT2D eigenvalue weighted by molar-refractivity contribution is 0.0304. The molecule has 4 heteroatoms. The number of benzene rings is 1. The standard InChI is InChI=1S/C13H20ClNO.ClH/c1-3-13(15(4-2)11-10-14)16-12-8-6-5-7-9-12;/h5-9,13H,3-4,10-11H2,1-2H3;1H. The van der Waals surface area contributed by atoms with Crippen LogP contribution in [-0.2, 0) is 0 Å². The summed E-state index contributed by atoms with van der Waals surface area (Å²) in [7, 11) is 0. The Morgan fingerprint density at radius 3 is 2.35 bits per heavy atom. The van der Waals surface area contributed by atoms with Gasteiger partial charge in [0, 0.05) is 12.4 Å². The zero-order chi connectivity index (χ0) is 11.8. The zero-order valence-corrected chi connectivity index (χ0v) is 12.0. The fraction of sp³-hybridized carbons (Fsp3) is 0.538. The van der Waals surface area contributed by atoms with Crippen molar-refractivity contribution < 1.29 is 4.74 Å². The van der Waals surface area contributed by atoms with Crippen molar-refractivity contribution in [3.63, 3.8) is 0 Å². The van der Waals surface area contributed by atoms with E-state index in [1.54, 1.807) is 0 Å². The van der Waals surface area contributed by atoms with Gasteiger partial charge in [0.15, 0.2) is 6.23 Å². The molecular formula is C13H21Cl2NO. The first kappa shape index (κ1) is 16.6. The first-order valence-corrected chi connectivity index (χ1v) is 6.37. The van der Waals surface area contributed by atoms with E-state index < -0.39 is 0 Å². The third kappa shape index (κ3) is 5.62. The summed E-state index contributed by atoms with van der Waals surface area (Å²) in [5.74, 6) is 1.56. The van der Waals surface area contributed by atoms with Crippen molar-refractivity contribution in [3.05, 3.63) is 30.3 Å². The van der Waals surface area contributed by atoms with Crippen LogP contribution in [0.1, 0.15) is 20.3 Å². The molecule has 1 aromatic carbocycles. The van der Waals surface area contributed by atoms with Crippen LogP contribution in [0.2, 0.25) is 0 Å². The summed E-state index contributed by atoms with van der Waals surface area (Å²) < 4.78 is 5.94. The lowest BCUT2D eigenvalue weighted by atomic mass is 10.3. The van der Waals surface area contributed by atoms with E-state index in [0.29, 0.717) is 5.88 Å². The molecule has 0 radical (unpaired) electrons. The summed E-state index contributed by atoms with van der Waals surface area (Å²) in [5, 5.41) is 0. The maximum absolute atomic E-state index is 5.94. The Morgan fingerprint density at radius 1 is 1.24 bits per heavy atom. The van der Waals surface area contributed by atoms with Gasteiger partial charge in [0.25, 0.3) is 0 Å². The number of hydrogen-bond donors (Lipinski definition) is 0. The first-order valence-electron chi connectivity index (χ1n) is 5.83. The van der Waals surface area contributed by atoms with E-state index in [4.69, 9.17) is 16.3 Å². The van der Waals surface area contributed by atoms with Gasteiger partial charge in [-0.2, -0.15) is 0 Å². The number of hydrogen-bond acceptors (Lipinski definition) is 2. The van der Waals surface area contributed by atoms with Crippen LogP contribution >= 0.6 is 24.0 Å². The van der Waals surface area contributed by atoms with Gasteiger partial charge in [-0.15, -0.1) is 24.0 Å². The van der Waals surface area contributed by atoms with E-state index in [9.17, 15) is 0 Å². The molecule has 0 spiro atoms. The fourth-order valence-corrected chi connectivity index (χ4v) is 1.90. The molecule has 0 aromatic heterocycles. The van der Waals surface area contributed by atoms with E-state index in [2.05, 4.69) is 18.7 Å². The maximum atomic E-state index is 5.94. The highest BCUT2D eigenvalue weighted by Crippen LogP contribution is 2.14. The van der Waals surface area contributed by atoms with Crippen molar-refractivity contribution in [1.82, 2.24) is 4.90 Å². The number of para-hydroxylation sites is 1. The van der Waals surface area contributed by atoms with Crippen molar-refractivity contribution in [1.29, 1.82) is 0 Å². The molecule has 0 saturated carbocycles. The first-order chi connectivity index (χ1) is 7.81. The SMILES string of the molecule is CCC(Oc1ccccc1)N(CC)CCCl.Cl. The Bertz CT molecular complexity index is 282. The van der Waals surface area contributed by atoms with Crippen molar-refractivity contribution in [2.45, 2.75) is 26.5 Å². The van der Waals surface area contributed by atoms with Gasteiger partial charge in [-0.05, 0) is 25.1 Å². The molecule has 0 amide bonds. The fourth-order valence-electron chi connectivity index (χ4n) is 1.69. The van der Waals surface area contributed by atoms with Crippen LogP contribution in [0.5, 0.6) is 5.75 Å². The lowest BCUT2D eigenvalue weighted by Crippen LogP contribution is -2.40. The van der Waals surface area contributed by atoms with Gasteiger partial charge in [0.1, 0.15) is 5.75 Å². The van der Waals surface area contributed by atoms with E-state index in [1.165, 1.54) is 0 Å². The molecule has 0 N–H and O–H groups in total. The second-order valence-corrected chi connectivity index (χ2v) is 3.99. The molecule has 17 heavy (non-hydrogen) atoms. The average Bonchev–Trinajstić information content (AvgIpc) is 2.35. The maximum Gasteiger partial charge on any atom is 0.152 e. The Hall–Kier alpha value is -0.440. The molecule has 0 heterocycles. The molecule has 98 valence electrons. The van der Waals surface area contributed by atoms with Crippen LogP contribution in [-0.4, -0.2) is 30.1 Å². The van der Waals surface area contributed by atoms with Crippen molar-refractivity contribution >= 4 is 24.0 Å². The number of halogens is 2. The average molecular weight is 278 g/mol. The highest BCUT2D eigenvalue weighted by Gasteiger charge is 2.15. The van der Waals surface area contributed by atoms with Gasteiger partial charge in [-0.1, -0.05) is 32.0 Å². The van der Waals surface area contributed by atoms with Crippen molar-refractivity contribution in [3.8, 4) is 5.75 Å². The molecule has 1 atom stereocenters. The summed E-state index contributed by atoms with van der Waals surface area (Å²) >= 11 is 5.78. The Kier molecular flexibility index (Phi) is 9.33. The molecule has 1 aromatic rings. The van der Waals surface area contributed by atoms with Crippen LogP contribution < -0.4 is 4.74 Å². The topological polar surface area (TPSA) is 12.5 Å². The minimum absolute atomic E-state index is 0. The number of alkyl halides is 1. The van der Waals surface area contributed by atoms with E-state index in [-0.39, 0.29) is 18.6 Å². The highest BCUT2D eigenvalue weighted by atomic mass is 35.5.